The molecule has 1 aromatic carbocycles. The smallest absolute Gasteiger partial charge is 0.125 e. The van der Waals surface area contributed by atoms with Crippen LogP contribution in [0.3, 0.4) is 0 Å². The number of thiazole rings is 1. The largest absolute Gasteiger partial charge is 0.398 e. The summed E-state index contributed by atoms with van der Waals surface area (Å²) in [5, 5.41) is 1.61. The quantitative estimate of drug-likeness (QED) is 0.770. The van der Waals surface area contributed by atoms with E-state index >= 15 is 0 Å². The molecule has 0 spiro atoms. The number of nitrogen functional groups attached to an aromatic ring is 1. The zero-order valence-corrected chi connectivity index (χ0v) is 10.1. The second-order valence-electron chi connectivity index (χ2n) is 3.39. The van der Waals surface area contributed by atoms with Gasteiger partial charge in [-0.3, -0.25) is 0 Å². The van der Waals surface area contributed by atoms with Crippen molar-refractivity contribution in [2.45, 2.75) is 13.8 Å². The molecule has 78 valence electrons. The van der Waals surface area contributed by atoms with Crippen LogP contribution < -0.4 is 5.73 Å². The first kappa shape index (κ1) is 10.5. The van der Waals surface area contributed by atoms with Crippen molar-refractivity contribution >= 4 is 28.6 Å². The Morgan fingerprint density at radius 2 is 2.07 bits per heavy atom. The van der Waals surface area contributed by atoms with E-state index in [1.807, 2.05) is 19.1 Å². The summed E-state index contributed by atoms with van der Waals surface area (Å²) in [5.41, 5.74) is 8.59. The Morgan fingerprint density at radius 1 is 1.33 bits per heavy atom. The predicted molar refractivity (Wildman–Crippen MR) is 66.4 cm³/mol. The minimum absolute atomic E-state index is 0.654. The molecular weight excluding hydrogens is 228 g/mol. The molecule has 0 unspecified atom stereocenters. The molecule has 2 rings (SSSR count). The van der Waals surface area contributed by atoms with Crippen molar-refractivity contribution in [1.82, 2.24) is 4.98 Å². The lowest BCUT2D eigenvalue weighted by Crippen LogP contribution is -1.89. The number of anilines is 1. The number of hydrogen-bond acceptors (Lipinski definition) is 3. The normalized spacial score (nSPS) is 10.6. The van der Waals surface area contributed by atoms with Gasteiger partial charge in [-0.1, -0.05) is 11.6 Å². The summed E-state index contributed by atoms with van der Waals surface area (Å²) >= 11 is 7.50. The highest BCUT2D eigenvalue weighted by Crippen LogP contribution is 2.32. The first-order valence-corrected chi connectivity index (χ1v) is 5.77. The summed E-state index contributed by atoms with van der Waals surface area (Å²) in [6.45, 7) is 4.06. The zero-order chi connectivity index (χ0) is 11.0. The first-order chi connectivity index (χ1) is 7.08. The van der Waals surface area contributed by atoms with Crippen LogP contribution in [0, 0.1) is 13.8 Å². The van der Waals surface area contributed by atoms with Gasteiger partial charge in [-0.15, -0.1) is 11.3 Å². The van der Waals surface area contributed by atoms with Gasteiger partial charge in [0.15, 0.2) is 0 Å². The van der Waals surface area contributed by atoms with Gasteiger partial charge < -0.3 is 5.73 Å². The number of aromatic nitrogens is 1. The van der Waals surface area contributed by atoms with Crippen LogP contribution in [0.5, 0.6) is 0 Å². The molecule has 2 aromatic rings. The van der Waals surface area contributed by atoms with E-state index in [9.17, 15) is 0 Å². The predicted octanol–water partition coefficient (Wildman–Crippen LogP) is 3.66. The number of aryl methyl sites for hydroxylation is 2. The molecule has 0 aliphatic rings. The maximum atomic E-state index is 5.89. The second kappa shape index (κ2) is 3.83. The van der Waals surface area contributed by atoms with Crippen molar-refractivity contribution in [3.05, 3.63) is 33.8 Å². The fourth-order valence-electron chi connectivity index (χ4n) is 1.32. The van der Waals surface area contributed by atoms with Crippen LogP contribution in [0.1, 0.15) is 10.6 Å². The van der Waals surface area contributed by atoms with Crippen molar-refractivity contribution in [3.8, 4) is 10.6 Å². The molecule has 0 aliphatic heterocycles. The SMILES string of the molecule is Cc1nc(-c2ccc(Cl)cc2N)sc1C. The minimum atomic E-state index is 0.654. The summed E-state index contributed by atoms with van der Waals surface area (Å²) < 4.78 is 0. The summed E-state index contributed by atoms with van der Waals surface area (Å²) in [6.07, 6.45) is 0. The summed E-state index contributed by atoms with van der Waals surface area (Å²) in [4.78, 5) is 5.69. The van der Waals surface area contributed by atoms with Crippen molar-refractivity contribution in [2.24, 2.45) is 0 Å². The molecule has 4 heteroatoms. The lowest BCUT2D eigenvalue weighted by Gasteiger charge is -2.01. The molecule has 2 N–H and O–H groups in total. The molecule has 1 aromatic heterocycles. The average Bonchev–Trinajstić information content (AvgIpc) is 2.46. The number of hydrogen-bond donors (Lipinski definition) is 1. The molecule has 0 atom stereocenters. The van der Waals surface area contributed by atoms with Crippen LogP contribution in [0.15, 0.2) is 18.2 Å². The van der Waals surface area contributed by atoms with E-state index in [0.717, 1.165) is 16.3 Å². The molecule has 0 aliphatic carbocycles. The number of nitrogens with two attached hydrogens (primary N) is 1. The van der Waals surface area contributed by atoms with Crippen molar-refractivity contribution < 1.29 is 0 Å². The van der Waals surface area contributed by atoms with E-state index in [1.54, 1.807) is 17.4 Å². The minimum Gasteiger partial charge on any atom is -0.398 e. The van der Waals surface area contributed by atoms with E-state index in [-0.39, 0.29) is 0 Å². The average molecular weight is 239 g/mol. The highest BCUT2D eigenvalue weighted by atomic mass is 35.5. The lowest BCUT2D eigenvalue weighted by molar-refractivity contribution is 1.23. The third kappa shape index (κ3) is 1.98. The molecule has 0 radical (unpaired) electrons. The van der Waals surface area contributed by atoms with Crippen LogP contribution in [0.25, 0.3) is 10.6 Å². The third-order valence-electron chi connectivity index (χ3n) is 2.27. The molecule has 0 fully saturated rings. The van der Waals surface area contributed by atoms with Crippen molar-refractivity contribution in [1.29, 1.82) is 0 Å². The fraction of sp³-hybridized carbons (Fsp3) is 0.182. The Kier molecular flexibility index (Phi) is 2.67. The summed E-state index contributed by atoms with van der Waals surface area (Å²) in [6, 6.07) is 5.50. The van der Waals surface area contributed by atoms with Crippen molar-refractivity contribution in [3.63, 3.8) is 0 Å². The summed E-state index contributed by atoms with van der Waals surface area (Å²) in [5.74, 6) is 0. The van der Waals surface area contributed by atoms with Crippen molar-refractivity contribution in [2.75, 3.05) is 5.73 Å². The maximum absolute atomic E-state index is 5.89. The number of rotatable bonds is 1. The van der Waals surface area contributed by atoms with Gasteiger partial charge in [-0.25, -0.2) is 4.98 Å². The Balaban J connectivity index is 2.54. The van der Waals surface area contributed by atoms with Gasteiger partial charge in [-0.2, -0.15) is 0 Å². The van der Waals surface area contributed by atoms with E-state index < -0.39 is 0 Å². The van der Waals surface area contributed by atoms with E-state index in [4.69, 9.17) is 17.3 Å². The third-order valence-corrected chi connectivity index (χ3v) is 3.61. The lowest BCUT2D eigenvalue weighted by atomic mass is 10.2. The van der Waals surface area contributed by atoms with Crippen LogP contribution in [-0.4, -0.2) is 4.98 Å². The number of halogens is 1. The van der Waals surface area contributed by atoms with Gasteiger partial charge in [0, 0.05) is 21.2 Å². The highest BCUT2D eigenvalue weighted by molar-refractivity contribution is 7.15. The topological polar surface area (TPSA) is 38.9 Å². The Morgan fingerprint density at radius 3 is 2.60 bits per heavy atom. The second-order valence-corrected chi connectivity index (χ2v) is 5.03. The van der Waals surface area contributed by atoms with E-state index in [1.165, 1.54) is 4.88 Å². The fourth-order valence-corrected chi connectivity index (χ4v) is 2.46. The van der Waals surface area contributed by atoms with E-state index in [0.29, 0.717) is 10.7 Å². The molecular formula is C11H11ClN2S. The summed E-state index contributed by atoms with van der Waals surface area (Å²) in [7, 11) is 0. The highest BCUT2D eigenvalue weighted by Gasteiger charge is 2.09. The number of nitrogens with zero attached hydrogens (tertiary/aromatic N) is 1. The van der Waals surface area contributed by atoms with E-state index in [2.05, 4.69) is 11.9 Å². The molecule has 0 saturated heterocycles. The molecule has 0 saturated carbocycles. The van der Waals surface area contributed by atoms with Crippen LogP contribution in [0.4, 0.5) is 5.69 Å². The molecule has 15 heavy (non-hydrogen) atoms. The zero-order valence-electron chi connectivity index (χ0n) is 8.54. The number of benzene rings is 1. The Labute approximate surface area is 97.7 Å². The van der Waals surface area contributed by atoms with Gasteiger partial charge in [0.2, 0.25) is 0 Å². The maximum Gasteiger partial charge on any atom is 0.125 e. The van der Waals surface area contributed by atoms with Gasteiger partial charge in [0.05, 0.1) is 5.69 Å². The first-order valence-electron chi connectivity index (χ1n) is 4.57. The van der Waals surface area contributed by atoms with Gasteiger partial charge >= 0.3 is 0 Å². The van der Waals surface area contributed by atoms with Crippen LogP contribution >= 0.6 is 22.9 Å². The molecule has 0 amide bonds. The molecule has 2 nitrogen and oxygen atoms in total. The Bertz CT molecular complexity index is 486. The van der Waals surface area contributed by atoms with Crippen LogP contribution in [0.2, 0.25) is 5.02 Å². The van der Waals surface area contributed by atoms with Crippen LogP contribution in [-0.2, 0) is 0 Å². The van der Waals surface area contributed by atoms with Gasteiger partial charge in [0.25, 0.3) is 0 Å². The standard InChI is InChI=1S/C11H11ClN2S/c1-6-7(2)15-11(14-6)9-4-3-8(12)5-10(9)13/h3-5H,13H2,1-2H3. The Hall–Kier alpha value is -1.06. The molecule has 0 bridgehead atoms. The molecule has 1 heterocycles. The monoisotopic (exact) mass is 238 g/mol. The van der Waals surface area contributed by atoms with Gasteiger partial charge in [0.1, 0.15) is 5.01 Å². The van der Waals surface area contributed by atoms with Gasteiger partial charge in [-0.05, 0) is 32.0 Å².